The van der Waals surface area contributed by atoms with Crippen molar-refractivity contribution in [2.24, 2.45) is 0 Å². The van der Waals surface area contributed by atoms with Gasteiger partial charge in [-0.05, 0) is 36.4 Å². The molecule has 0 aliphatic heterocycles. The summed E-state index contributed by atoms with van der Waals surface area (Å²) in [5.74, 6) is 0. The Hall–Kier alpha value is -3.38. The van der Waals surface area contributed by atoms with Gasteiger partial charge in [-0.2, -0.15) is 0 Å². The lowest BCUT2D eigenvalue weighted by Gasteiger charge is -2.09. The van der Waals surface area contributed by atoms with Crippen molar-refractivity contribution in [3.05, 3.63) is 70.8 Å². The molecule has 12 heteroatoms. The van der Waals surface area contributed by atoms with E-state index in [-0.39, 0.29) is 21.3 Å². The van der Waals surface area contributed by atoms with E-state index in [0.717, 1.165) is 30.5 Å². The molecule has 3 aromatic rings. The van der Waals surface area contributed by atoms with Crippen molar-refractivity contribution >= 4 is 31.2 Å². The van der Waals surface area contributed by atoms with Crippen LogP contribution >= 0.6 is 0 Å². The Morgan fingerprint density at radius 1 is 0.931 bits per heavy atom. The molecule has 0 radical (unpaired) electrons. The van der Waals surface area contributed by atoms with Crippen molar-refractivity contribution in [3.8, 4) is 11.3 Å². The summed E-state index contributed by atoms with van der Waals surface area (Å²) in [7, 11) is -7.45. The Balaban J connectivity index is 1.86. The van der Waals surface area contributed by atoms with Crippen LogP contribution in [0, 0.1) is 10.1 Å². The van der Waals surface area contributed by atoms with Crippen molar-refractivity contribution in [2.45, 2.75) is 9.92 Å². The highest BCUT2D eigenvalue weighted by atomic mass is 32.2. The van der Waals surface area contributed by atoms with Crippen LogP contribution in [-0.2, 0) is 19.9 Å². The molecule has 10 nitrogen and oxygen atoms in total. The van der Waals surface area contributed by atoms with Gasteiger partial charge in [0.1, 0.15) is 0 Å². The van der Waals surface area contributed by atoms with E-state index in [1.165, 1.54) is 24.3 Å². The molecule has 0 bridgehead atoms. The predicted octanol–water partition coefficient (Wildman–Crippen LogP) is 2.26. The Kier molecular flexibility index (Phi) is 5.31. The fourth-order valence-electron chi connectivity index (χ4n) is 2.37. The minimum Gasteiger partial charge on any atom is -0.280 e. The zero-order valence-corrected chi connectivity index (χ0v) is 16.5. The second kappa shape index (κ2) is 7.56. The summed E-state index contributed by atoms with van der Waals surface area (Å²) < 4.78 is 50.3. The highest BCUT2D eigenvalue weighted by molar-refractivity contribution is 7.92. The third-order valence-corrected chi connectivity index (χ3v) is 6.16. The lowest BCUT2D eigenvalue weighted by molar-refractivity contribution is -0.384. The molecular formula is C17H14N4O6S2. The van der Waals surface area contributed by atoms with Crippen LogP contribution in [0.25, 0.3) is 11.3 Å². The number of nitrogens with zero attached hydrogens (tertiary/aromatic N) is 3. The first-order chi connectivity index (χ1) is 13.6. The zero-order chi connectivity index (χ0) is 21.2. The number of aromatic nitrogens is 2. The second-order valence-electron chi connectivity index (χ2n) is 5.97. The number of nitrogens with one attached hydrogen (secondary N) is 1. The van der Waals surface area contributed by atoms with Crippen LogP contribution in [0.4, 0.5) is 11.4 Å². The van der Waals surface area contributed by atoms with Gasteiger partial charge < -0.3 is 0 Å². The van der Waals surface area contributed by atoms with E-state index in [0.29, 0.717) is 11.3 Å². The maximum Gasteiger partial charge on any atom is 0.269 e. The van der Waals surface area contributed by atoms with Gasteiger partial charge in [-0.25, -0.2) is 16.8 Å². The fraction of sp³-hybridized carbons (Fsp3) is 0.0588. The molecule has 0 saturated carbocycles. The summed E-state index contributed by atoms with van der Waals surface area (Å²) in [6, 6.07) is 13.5. The van der Waals surface area contributed by atoms with Crippen molar-refractivity contribution in [1.29, 1.82) is 0 Å². The maximum atomic E-state index is 12.5. The van der Waals surface area contributed by atoms with E-state index >= 15 is 0 Å². The van der Waals surface area contributed by atoms with Crippen LogP contribution in [-0.4, -0.2) is 38.2 Å². The molecule has 0 spiro atoms. The topological polar surface area (TPSA) is 149 Å². The third-order valence-electron chi connectivity index (χ3n) is 3.79. The largest absolute Gasteiger partial charge is 0.280 e. The molecule has 0 unspecified atom stereocenters. The number of sulfone groups is 1. The van der Waals surface area contributed by atoms with Gasteiger partial charge in [0.2, 0.25) is 0 Å². The molecule has 29 heavy (non-hydrogen) atoms. The number of nitro benzene ring substituents is 1. The predicted molar refractivity (Wildman–Crippen MR) is 104 cm³/mol. The van der Waals surface area contributed by atoms with Crippen LogP contribution in [0.5, 0.6) is 0 Å². The Morgan fingerprint density at radius 3 is 2.17 bits per heavy atom. The first kappa shape index (κ1) is 20.4. The quantitative estimate of drug-likeness (QED) is 0.458. The average molecular weight is 434 g/mol. The van der Waals surface area contributed by atoms with Gasteiger partial charge in [-0.1, -0.05) is 12.1 Å². The molecule has 0 saturated heterocycles. The summed E-state index contributed by atoms with van der Waals surface area (Å²) in [6.07, 6.45) is 1.02. The number of hydrogen-bond donors (Lipinski definition) is 1. The molecular weight excluding hydrogens is 420 g/mol. The number of benzene rings is 2. The standard InChI is InChI=1S/C17H14N4O6S2/c1-28(24,25)17-10-9-16(18-19-17)12-3-2-4-13(11-12)20-29(26,27)15-7-5-14(6-8-15)21(22)23/h2-11,20H,1H3. The van der Waals surface area contributed by atoms with Crippen LogP contribution < -0.4 is 4.72 Å². The highest BCUT2D eigenvalue weighted by Gasteiger charge is 2.17. The first-order valence-electron chi connectivity index (χ1n) is 7.98. The summed E-state index contributed by atoms with van der Waals surface area (Å²) >= 11 is 0. The normalized spacial score (nSPS) is 11.8. The first-order valence-corrected chi connectivity index (χ1v) is 11.4. The molecule has 1 aromatic heterocycles. The Labute approximate surface area is 166 Å². The van der Waals surface area contributed by atoms with Gasteiger partial charge in [0, 0.05) is 29.6 Å². The van der Waals surface area contributed by atoms with E-state index < -0.39 is 24.8 Å². The van der Waals surface area contributed by atoms with Gasteiger partial charge in [-0.15, -0.1) is 10.2 Å². The van der Waals surface area contributed by atoms with Crippen LogP contribution in [0.15, 0.2) is 70.6 Å². The molecule has 1 N–H and O–H groups in total. The number of sulfonamides is 1. The molecule has 0 aliphatic rings. The number of anilines is 1. The summed E-state index contributed by atoms with van der Waals surface area (Å²) in [5, 5.41) is 18.1. The monoisotopic (exact) mass is 434 g/mol. The smallest absolute Gasteiger partial charge is 0.269 e. The van der Waals surface area contributed by atoms with E-state index in [1.807, 2.05) is 0 Å². The van der Waals surface area contributed by atoms with E-state index in [1.54, 1.807) is 12.1 Å². The number of nitro groups is 1. The Morgan fingerprint density at radius 2 is 1.62 bits per heavy atom. The molecule has 150 valence electrons. The SMILES string of the molecule is CS(=O)(=O)c1ccc(-c2cccc(NS(=O)(=O)c3ccc([N+](=O)[O-])cc3)c2)nn1. The van der Waals surface area contributed by atoms with Crippen LogP contribution in [0.1, 0.15) is 0 Å². The highest BCUT2D eigenvalue weighted by Crippen LogP contribution is 2.24. The zero-order valence-electron chi connectivity index (χ0n) is 14.9. The van der Waals surface area contributed by atoms with Gasteiger partial charge in [0.15, 0.2) is 14.9 Å². The van der Waals surface area contributed by atoms with Gasteiger partial charge in [0.05, 0.1) is 15.5 Å². The molecule has 2 aromatic carbocycles. The van der Waals surface area contributed by atoms with Gasteiger partial charge >= 0.3 is 0 Å². The van der Waals surface area contributed by atoms with Crippen molar-refractivity contribution in [2.75, 3.05) is 11.0 Å². The lowest BCUT2D eigenvalue weighted by atomic mass is 10.1. The molecule has 0 amide bonds. The number of non-ortho nitro benzene ring substituents is 1. The maximum absolute atomic E-state index is 12.5. The van der Waals surface area contributed by atoms with Crippen LogP contribution in [0.3, 0.4) is 0 Å². The number of rotatable bonds is 6. The summed E-state index contributed by atoms with van der Waals surface area (Å²) in [6.45, 7) is 0. The third kappa shape index (κ3) is 4.73. The minimum atomic E-state index is -3.97. The fourth-order valence-corrected chi connectivity index (χ4v) is 3.93. The second-order valence-corrected chi connectivity index (χ2v) is 9.61. The molecule has 0 atom stereocenters. The van der Waals surface area contributed by atoms with Gasteiger partial charge in [-0.3, -0.25) is 14.8 Å². The van der Waals surface area contributed by atoms with Gasteiger partial charge in [0.25, 0.3) is 15.7 Å². The Bertz CT molecular complexity index is 1270. The van der Waals surface area contributed by atoms with E-state index in [4.69, 9.17) is 0 Å². The van der Waals surface area contributed by atoms with E-state index in [9.17, 15) is 26.9 Å². The lowest BCUT2D eigenvalue weighted by Crippen LogP contribution is -2.13. The summed E-state index contributed by atoms with van der Waals surface area (Å²) in [4.78, 5) is 9.94. The molecule has 0 aliphatic carbocycles. The summed E-state index contributed by atoms with van der Waals surface area (Å²) in [5.41, 5.74) is 0.882. The number of hydrogen-bond acceptors (Lipinski definition) is 8. The average Bonchev–Trinajstić information content (AvgIpc) is 2.67. The van der Waals surface area contributed by atoms with Crippen LogP contribution in [0.2, 0.25) is 0 Å². The van der Waals surface area contributed by atoms with E-state index in [2.05, 4.69) is 14.9 Å². The molecule has 0 fully saturated rings. The van der Waals surface area contributed by atoms with Crippen molar-refractivity contribution < 1.29 is 21.8 Å². The minimum absolute atomic E-state index is 0.134. The molecule has 1 heterocycles. The van der Waals surface area contributed by atoms with Crippen molar-refractivity contribution in [3.63, 3.8) is 0 Å². The van der Waals surface area contributed by atoms with Crippen molar-refractivity contribution in [1.82, 2.24) is 10.2 Å². The molecule has 3 rings (SSSR count).